The summed E-state index contributed by atoms with van der Waals surface area (Å²) in [6.45, 7) is 19.1. The lowest BCUT2D eigenvalue weighted by molar-refractivity contribution is 0.0599. The van der Waals surface area contributed by atoms with Gasteiger partial charge in [-0.25, -0.2) is 0 Å². The largest absolute Gasteiger partial charge is 0.380 e. The van der Waals surface area contributed by atoms with Crippen LogP contribution >= 0.6 is 0 Å². The van der Waals surface area contributed by atoms with Gasteiger partial charge in [0.25, 0.3) is 0 Å². The van der Waals surface area contributed by atoms with Gasteiger partial charge in [0.1, 0.15) is 0 Å². The molecule has 1 atom stereocenters. The van der Waals surface area contributed by atoms with Crippen LogP contribution in [0.5, 0.6) is 0 Å². The summed E-state index contributed by atoms with van der Waals surface area (Å²) in [5, 5.41) is 3.61. The Morgan fingerprint density at radius 2 is 1.45 bits per heavy atom. The first-order valence-corrected chi connectivity index (χ1v) is 8.09. The van der Waals surface area contributed by atoms with Crippen LogP contribution in [0.25, 0.3) is 0 Å². The number of hydrogen-bond donors (Lipinski definition) is 1. The zero-order valence-electron chi connectivity index (χ0n) is 14.5. The van der Waals surface area contributed by atoms with E-state index in [1.807, 2.05) is 13.8 Å². The summed E-state index contributed by atoms with van der Waals surface area (Å²) in [6.07, 6.45) is 1.14. The van der Waals surface area contributed by atoms with E-state index in [2.05, 4.69) is 37.9 Å². The predicted molar refractivity (Wildman–Crippen MR) is 86.4 cm³/mol. The molecule has 0 rings (SSSR count). The van der Waals surface area contributed by atoms with E-state index in [0.717, 1.165) is 52.5 Å². The van der Waals surface area contributed by atoms with Crippen LogP contribution in [0.4, 0.5) is 0 Å². The fourth-order valence-electron chi connectivity index (χ4n) is 2.08. The minimum Gasteiger partial charge on any atom is -0.380 e. The third-order valence-electron chi connectivity index (χ3n) is 3.31. The van der Waals surface area contributed by atoms with E-state index in [-0.39, 0.29) is 5.54 Å². The highest BCUT2D eigenvalue weighted by Gasteiger charge is 2.19. The summed E-state index contributed by atoms with van der Waals surface area (Å²) in [4.78, 5) is 2.49. The van der Waals surface area contributed by atoms with Gasteiger partial charge < -0.3 is 14.8 Å². The van der Waals surface area contributed by atoms with Crippen LogP contribution in [-0.2, 0) is 9.47 Å². The third-order valence-corrected chi connectivity index (χ3v) is 3.31. The summed E-state index contributed by atoms with van der Waals surface area (Å²) in [5.41, 5.74) is 0.166. The smallest absolute Gasteiger partial charge is 0.0593 e. The van der Waals surface area contributed by atoms with Crippen molar-refractivity contribution in [3.05, 3.63) is 0 Å². The molecule has 0 heterocycles. The van der Waals surface area contributed by atoms with Crippen LogP contribution in [0.2, 0.25) is 0 Å². The summed E-state index contributed by atoms with van der Waals surface area (Å²) in [5.74, 6) is 0. The maximum Gasteiger partial charge on any atom is 0.0593 e. The maximum atomic E-state index is 5.51. The van der Waals surface area contributed by atoms with E-state index < -0.39 is 0 Å². The number of ether oxygens (including phenoxy) is 2. The minimum absolute atomic E-state index is 0.166. The van der Waals surface area contributed by atoms with Crippen molar-refractivity contribution in [2.24, 2.45) is 0 Å². The van der Waals surface area contributed by atoms with E-state index in [9.17, 15) is 0 Å². The molecule has 0 radical (unpaired) electrons. The number of nitrogens with zero attached hydrogens (tertiary/aromatic N) is 1. The Morgan fingerprint density at radius 3 is 1.80 bits per heavy atom. The number of rotatable bonds is 12. The molecule has 0 bridgehead atoms. The van der Waals surface area contributed by atoms with Gasteiger partial charge >= 0.3 is 0 Å². The summed E-state index contributed by atoms with van der Waals surface area (Å²) in [6, 6.07) is 0.537. The Bertz CT molecular complexity index is 207. The minimum atomic E-state index is 0.166. The zero-order chi connectivity index (χ0) is 15.4. The first-order chi connectivity index (χ1) is 9.44. The van der Waals surface area contributed by atoms with E-state index in [1.54, 1.807) is 0 Å². The van der Waals surface area contributed by atoms with Gasteiger partial charge in [0.05, 0.1) is 13.2 Å². The quantitative estimate of drug-likeness (QED) is 0.560. The second-order valence-electron chi connectivity index (χ2n) is 6.12. The van der Waals surface area contributed by atoms with Crippen LogP contribution in [0.1, 0.15) is 48.0 Å². The number of nitrogens with one attached hydrogen (secondary N) is 1. The Balaban J connectivity index is 4.33. The number of hydrogen-bond acceptors (Lipinski definition) is 4. The van der Waals surface area contributed by atoms with Crippen LogP contribution in [0, 0.1) is 0 Å². The average Bonchev–Trinajstić information content (AvgIpc) is 2.38. The summed E-state index contributed by atoms with van der Waals surface area (Å²) in [7, 11) is 0. The van der Waals surface area contributed by atoms with Gasteiger partial charge in [-0.2, -0.15) is 0 Å². The van der Waals surface area contributed by atoms with E-state index in [0.29, 0.717) is 6.04 Å². The van der Waals surface area contributed by atoms with Gasteiger partial charge in [-0.1, -0.05) is 6.92 Å². The van der Waals surface area contributed by atoms with E-state index in [4.69, 9.17) is 9.47 Å². The average molecular weight is 288 g/mol. The van der Waals surface area contributed by atoms with Crippen molar-refractivity contribution < 1.29 is 9.47 Å². The molecule has 0 spiro atoms. The van der Waals surface area contributed by atoms with Crippen LogP contribution in [0.3, 0.4) is 0 Å². The van der Waals surface area contributed by atoms with Crippen molar-refractivity contribution in [3.8, 4) is 0 Å². The highest BCUT2D eigenvalue weighted by molar-refractivity contribution is 4.78. The van der Waals surface area contributed by atoms with Gasteiger partial charge in [-0.05, 0) is 41.0 Å². The molecule has 0 saturated carbocycles. The lowest BCUT2D eigenvalue weighted by Gasteiger charge is -2.33. The van der Waals surface area contributed by atoms with Crippen molar-refractivity contribution in [2.75, 3.05) is 46.1 Å². The summed E-state index contributed by atoms with van der Waals surface area (Å²) >= 11 is 0. The fraction of sp³-hybridized carbons (Fsp3) is 1.00. The Kier molecular flexibility index (Phi) is 11.4. The van der Waals surface area contributed by atoms with Gasteiger partial charge in [-0.3, -0.25) is 4.90 Å². The predicted octanol–water partition coefficient (Wildman–Crippen LogP) is 2.53. The second kappa shape index (κ2) is 11.5. The van der Waals surface area contributed by atoms with Gasteiger partial charge in [0, 0.05) is 44.4 Å². The highest BCUT2D eigenvalue weighted by atomic mass is 16.5. The Labute approximate surface area is 126 Å². The Morgan fingerprint density at radius 1 is 0.950 bits per heavy atom. The van der Waals surface area contributed by atoms with Crippen LogP contribution in [0.15, 0.2) is 0 Å². The van der Waals surface area contributed by atoms with Crippen LogP contribution in [-0.4, -0.2) is 62.5 Å². The molecule has 4 heteroatoms. The molecule has 0 aromatic carbocycles. The lowest BCUT2D eigenvalue weighted by Crippen LogP contribution is -2.49. The molecule has 4 nitrogen and oxygen atoms in total. The SMILES string of the molecule is CCOCCN(CCOCC)C(CC)CNC(C)(C)C. The molecule has 0 amide bonds. The first-order valence-electron chi connectivity index (χ1n) is 8.09. The van der Waals surface area contributed by atoms with Crippen molar-refractivity contribution in [1.29, 1.82) is 0 Å². The van der Waals surface area contributed by atoms with Gasteiger partial charge in [0.15, 0.2) is 0 Å². The molecule has 1 unspecified atom stereocenters. The molecule has 0 aliphatic rings. The van der Waals surface area contributed by atoms with Gasteiger partial charge in [-0.15, -0.1) is 0 Å². The van der Waals surface area contributed by atoms with Crippen molar-refractivity contribution in [3.63, 3.8) is 0 Å². The Hall–Kier alpha value is -0.160. The zero-order valence-corrected chi connectivity index (χ0v) is 14.5. The fourth-order valence-corrected chi connectivity index (χ4v) is 2.08. The topological polar surface area (TPSA) is 33.7 Å². The maximum absolute atomic E-state index is 5.51. The van der Waals surface area contributed by atoms with Crippen LogP contribution < -0.4 is 5.32 Å². The molecule has 1 N–H and O–H groups in total. The molecule has 0 saturated heterocycles. The van der Waals surface area contributed by atoms with E-state index >= 15 is 0 Å². The van der Waals surface area contributed by atoms with Gasteiger partial charge in [0.2, 0.25) is 0 Å². The molecule has 0 aromatic heterocycles. The monoisotopic (exact) mass is 288 g/mol. The molecule has 0 aliphatic carbocycles. The highest BCUT2D eigenvalue weighted by Crippen LogP contribution is 2.07. The molecular weight excluding hydrogens is 252 g/mol. The van der Waals surface area contributed by atoms with Crippen molar-refractivity contribution in [1.82, 2.24) is 10.2 Å². The molecule has 0 aromatic rings. The standard InChI is InChI=1S/C16H36N2O2/c1-7-15(14-17-16(4,5)6)18(10-12-19-8-2)11-13-20-9-3/h15,17H,7-14H2,1-6H3. The van der Waals surface area contributed by atoms with E-state index in [1.165, 1.54) is 0 Å². The molecule has 0 fully saturated rings. The third kappa shape index (κ3) is 10.6. The summed E-state index contributed by atoms with van der Waals surface area (Å²) < 4.78 is 11.0. The van der Waals surface area contributed by atoms with Crippen molar-refractivity contribution >= 4 is 0 Å². The molecule has 122 valence electrons. The first kappa shape index (κ1) is 19.8. The molecular formula is C16H36N2O2. The normalized spacial score (nSPS) is 13.9. The second-order valence-corrected chi connectivity index (χ2v) is 6.12. The molecule has 20 heavy (non-hydrogen) atoms. The van der Waals surface area contributed by atoms with Crippen molar-refractivity contribution in [2.45, 2.75) is 59.5 Å². The lowest BCUT2D eigenvalue weighted by atomic mass is 10.1. The molecule has 0 aliphatic heterocycles.